The summed E-state index contributed by atoms with van der Waals surface area (Å²) < 4.78 is 45.1. The second-order valence-corrected chi connectivity index (χ2v) is 8.23. The molecule has 8 heteroatoms. The van der Waals surface area contributed by atoms with E-state index in [0.29, 0.717) is 5.75 Å². The van der Waals surface area contributed by atoms with Gasteiger partial charge in [0, 0.05) is 26.2 Å². The van der Waals surface area contributed by atoms with Crippen LogP contribution >= 0.6 is 0 Å². The molecule has 3 rings (SSSR count). The average Bonchev–Trinajstić information content (AvgIpc) is 2.67. The van der Waals surface area contributed by atoms with Gasteiger partial charge in [0.05, 0.1) is 4.90 Å². The van der Waals surface area contributed by atoms with Gasteiger partial charge in [0.25, 0.3) is 5.91 Å². The van der Waals surface area contributed by atoms with E-state index in [2.05, 4.69) is 0 Å². The van der Waals surface area contributed by atoms with Gasteiger partial charge in [0.2, 0.25) is 10.0 Å². The number of hydrogen-bond acceptors (Lipinski definition) is 4. The van der Waals surface area contributed by atoms with Crippen LogP contribution in [0.5, 0.6) is 5.75 Å². The van der Waals surface area contributed by atoms with E-state index in [4.69, 9.17) is 4.74 Å². The second kappa shape index (κ2) is 8.06. The number of ether oxygens (including phenoxy) is 1. The molecule has 0 aromatic heterocycles. The first-order valence-electron chi connectivity index (χ1n) is 8.60. The maximum Gasteiger partial charge on any atom is 0.260 e. The Morgan fingerprint density at radius 2 is 1.67 bits per heavy atom. The average molecular weight is 392 g/mol. The van der Waals surface area contributed by atoms with Crippen LogP contribution in [-0.2, 0) is 14.8 Å². The number of hydrogen-bond donors (Lipinski definition) is 0. The lowest BCUT2D eigenvalue weighted by Crippen LogP contribution is -2.51. The molecule has 0 saturated carbocycles. The van der Waals surface area contributed by atoms with E-state index in [1.807, 2.05) is 25.1 Å². The lowest BCUT2D eigenvalue weighted by Gasteiger charge is -2.34. The van der Waals surface area contributed by atoms with Gasteiger partial charge in [-0.15, -0.1) is 0 Å². The summed E-state index contributed by atoms with van der Waals surface area (Å²) in [4.78, 5) is 14.0. The third-order valence-corrected chi connectivity index (χ3v) is 6.40. The summed E-state index contributed by atoms with van der Waals surface area (Å²) >= 11 is 0. The predicted molar refractivity (Wildman–Crippen MR) is 98.4 cm³/mol. The molecule has 1 saturated heterocycles. The van der Waals surface area contributed by atoms with Crippen molar-refractivity contribution in [3.63, 3.8) is 0 Å². The summed E-state index contributed by atoms with van der Waals surface area (Å²) in [6, 6.07) is 12.2. The molecule has 1 aliphatic rings. The van der Waals surface area contributed by atoms with Crippen molar-refractivity contribution in [2.45, 2.75) is 11.8 Å². The molecule has 0 bridgehead atoms. The number of carbonyl (C=O) groups is 1. The minimum absolute atomic E-state index is 0.0477. The molecule has 1 amide bonds. The Morgan fingerprint density at radius 3 is 2.30 bits per heavy atom. The first-order chi connectivity index (χ1) is 12.9. The van der Waals surface area contributed by atoms with Crippen LogP contribution in [0, 0.1) is 12.7 Å². The van der Waals surface area contributed by atoms with E-state index in [0.717, 1.165) is 17.7 Å². The Hall–Kier alpha value is -2.45. The monoisotopic (exact) mass is 392 g/mol. The Morgan fingerprint density at radius 1 is 1.04 bits per heavy atom. The Labute approximate surface area is 158 Å². The Bertz CT molecular complexity index is 908. The Balaban J connectivity index is 1.56. The summed E-state index contributed by atoms with van der Waals surface area (Å²) in [7, 11) is -3.69. The largest absolute Gasteiger partial charge is 0.484 e. The smallest absolute Gasteiger partial charge is 0.260 e. The number of benzene rings is 2. The normalized spacial score (nSPS) is 15.6. The van der Waals surface area contributed by atoms with Crippen molar-refractivity contribution in [1.82, 2.24) is 9.21 Å². The molecule has 1 fully saturated rings. The van der Waals surface area contributed by atoms with Gasteiger partial charge < -0.3 is 9.64 Å². The van der Waals surface area contributed by atoms with Gasteiger partial charge in [0.15, 0.2) is 6.61 Å². The lowest BCUT2D eigenvalue weighted by atomic mass is 10.2. The van der Waals surface area contributed by atoms with Gasteiger partial charge in [-0.1, -0.05) is 18.2 Å². The summed E-state index contributed by atoms with van der Waals surface area (Å²) in [5.41, 5.74) is 0.945. The zero-order valence-corrected chi connectivity index (χ0v) is 15.8. The molecule has 1 heterocycles. The molecule has 0 atom stereocenters. The molecule has 2 aromatic rings. The molecule has 0 radical (unpaired) electrons. The summed E-state index contributed by atoms with van der Waals surface area (Å²) in [5.74, 6) is -0.0153. The van der Waals surface area contributed by atoms with Crippen LogP contribution in [0.15, 0.2) is 53.4 Å². The standard InChI is InChI=1S/C19H21FN2O4S/c1-15-4-2-3-5-18(15)26-14-19(23)21-10-12-22(13-11-21)27(24,25)17-8-6-16(20)7-9-17/h2-9H,10-14H2,1H3. The van der Waals surface area contributed by atoms with Crippen molar-refractivity contribution in [2.75, 3.05) is 32.8 Å². The predicted octanol–water partition coefficient (Wildman–Crippen LogP) is 2.05. The second-order valence-electron chi connectivity index (χ2n) is 6.29. The van der Waals surface area contributed by atoms with Crippen LogP contribution in [-0.4, -0.2) is 56.3 Å². The van der Waals surface area contributed by atoms with Gasteiger partial charge in [0.1, 0.15) is 11.6 Å². The lowest BCUT2D eigenvalue weighted by molar-refractivity contribution is -0.134. The third kappa shape index (κ3) is 4.45. The van der Waals surface area contributed by atoms with Gasteiger partial charge in [-0.2, -0.15) is 4.31 Å². The van der Waals surface area contributed by atoms with Crippen LogP contribution in [0.4, 0.5) is 4.39 Å². The number of rotatable bonds is 5. The van der Waals surface area contributed by atoms with E-state index in [1.54, 1.807) is 11.0 Å². The molecule has 144 valence electrons. The number of halogens is 1. The van der Waals surface area contributed by atoms with E-state index in [9.17, 15) is 17.6 Å². The molecular formula is C19H21FN2O4S. The van der Waals surface area contributed by atoms with Gasteiger partial charge >= 0.3 is 0 Å². The van der Waals surface area contributed by atoms with E-state index >= 15 is 0 Å². The minimum Gasteiger partial charge on any atom is -0.484 e. The van der Waals surface area contributed by atoms with Crippen LogP contribution in [0.1, 0.15) is 5.56 Å². The highest BCUT2D eigenvalue weighted by Gasteiger charge is 2.30. The minimum atomic E-state index is -3.69. The van der Waals surface area contributed by atoms with Gasteiger partial charge in [-0.05, 0) is 42.8 Å². The maximum atomic E-state index is 13.0. The van der Waals surface area contributed by atoms with Gasteiger partial charge in [-0.25, -0.2) is 12.8 Å². The first kappa shape index (κ1) is 19.3. The SMILES string of the molecule is Cc1ccccc1OCC(=O)N1CCN(S(=O)(=O)c2ccc(F)cc2)CC1. The summed E-state index contributed by atoms with van der Waals surface area (Å²) in [6.07, 6.45) is 0. The Kier molecular flexibility index (Phi) is 5.76. The van der Waals surface area contributed by atoms with E-state index in [1.165, 1.54) is 16.4 Å². The number of piperazine rings is 1. The zero-order chi connectivity index (χ0) is 19.4. The van der Waals surface area contributed by atoms with E-state index < -0.39 is 15.8 Å². The van der Waals surface area contributed by atoms with Gasteiger partial charge in [-0.3, -0.25) is 4.79 Å². The number of amides is 1. The zero-order valence-electron chi connectivity index (χ0n) is 15.0. The van der Waals surface area contributed by atoms with Crippen LogP contribution in [0.25, 0.3) is 0 Å². The molecule has 2 aromatic carbocycles. The number of aryl methyl sites for hydroxylation is 1. The van der Waals surface area contributed by atoms with Crippen LogP contribution in [0.2, 0.25) is 0 Å². The first-order valence-corrected chi connectivity index (χ1v) is 10.0. The number of carbonyl (C=O) groups excluding carboxylic acids is 1. The number of sulfonamides is 1. The molecule has 0 spiro atoms. The third-order valence-electron chi connectivity index (χ3n) is 4.49. The molecule has 1 aliphatic heterocycles. The summed E-state index contributed by atoms with van der Waals surface area (Å²) in [6.45, 7) is 2.77. The van der Waals surface area contributed by atoms with Crippen molar-refractivity contribution < 1.29 is 22.3 Å². The fourth-order valence-corrected chi connectivity index (χ4v) is 4.30. The maximum absolute atomic E-state index is 13.0. The van der Waals surface area contributed by atoms with E-state index in [-0.39, 0.29) is 43.6 Å². The molecule has 27 heavy (non-hydrogen) atoms. The quantitative estimate of drug-likeness (QED) is 0.781. The number of para-hydroxylation sites is 1. The summed E-state index contributed by atoms with van der Waals surface area (Å²) in [5, 5.41) is 0. The fraction of sp³-hybridized carbons (Fsp3) is 0.316. The highest BCUT2D eigenvalue weighted by molar-refractivity contribution is 7.89. The number of nitrogens with zero attached hydrogens (tertiary/aromatic N) is 2. The molecule has 0 N–H and O–H groups in total. The van der Waals surface area contributed by atoms with Crippen LogP contribution < -0.4 is 4.74 Å². The molecular weight excluding hydrogens is 371 g/mol. The molecule has 0 aliphatic carbocycles. The molecule has 6 nitrogen and oxygen atoms in total. The van der Waals surface area contributed by atoms with Crippen molar-refractivity contribution in [2.24, 2.45) is 0 Å². The highest BCUT2D eigenvalue weighted by atomic mass is 32.2. The topological polar surface area (TPSA) is 66.9 Å². The van der Waals surface area contributed by atoms with Crippen LogP contribution in [0.3, 0.4) is 0 Å². The van der Waals surface area contributed by atoms with Crippen molar-refractivity contribution >= 4 is 15.9 Å². The molecule has 0 unspecified atom stereocenters. The fourth-order valence-electron chi connectivity index (χ4n) is 2.88. The van der Waals surface area contributed by atoms with Crippen molar-refractivity contribution in [3.8, 4) is 5.75 Å². The highest BCUT2D eigenvalue weighted by Crippen LogP contribution is 2.19. The van der Waals surface area contributed by atoms with Crippen molar-refractivity contribution in [3.05, 3.63) is 59.9 Å². The van der Waals surface area contributed by atoms with Crippen molar-refractivity contribution in [1.29, 1.82) is 0 Å².